The number of rotatable bonds is 5. The average molecular weight is 419 g/mol. The second-order valence-corrected chi connectivity index (χ2v) is 8.35. The van der Waals surface area contributed by atoms with Crippen molar-refractivity contribution in [3.63, 3.8) is 0 Å². The Hall–Kier alpha value is -3.03. The van der Waals surface area contributed by atoms with Gasteiger partial charge in [0.2, 0.25) is 0 Å². The number of aromatic nitrogens is 3. The summed E-state index contributed by atoms with van der Waals surface area (Å²) in [6.07, 6.45) is 5.17. The molecular weight excluding hydrogens is 400 g/mol. The minimum absolute atomic E-state index is 0.225. The van der Waals surface area contributed by atoms with Gasteiger partial charge in [-0.3, -0.25) is 15.1 Å². The zero-order valence-electron chi connectivity index (χ0n) is 15.9. The fourth-order valence-corrected chi connectivity index (χ4v) is 4.47. The van der Waals surface area contributed by atoms with E-state index in [2.05, 4.69) is 52.3 Å². The summed E-state index contributed by atoms with van der Waals surface area (Å²) in [7, 11) is 0. The van der Waals surface area contributed by atoms with Gasteiger partial charge < -0.3 is 0 Å². The lowest BCUT2D eigenvalue weighted by Crippen LogP contribution is -2.13. The van der Waals surface area contributed by atoms with Gasteiger partial charge in [0.05, 0.1) is 11.3 Å². The first-order valence-corrected chi connectivity index (χ1v) is 10.7. The zero-order chi connectivity index (χ0) is 20.2. The highest BCUT2D eigenvalue weighted by molar-refractivity contribution is 7.99. The Morgan fingerprint density at radius 3 is 2.76 bits per heavy atom. The number of carbonyl (C=O) groups is 1. The Morgan fingerprint density at radius 2 is 1.97 bits per heavy atom. The number of nitrogens with zero attached hydrogens (tertiary/aromatic N) is 3. The van der Waals surface area contributed by atoms with Gasteiger partial charge in [-0.25, -0.2) is 9.97 Å². The first kappa shape index (κ1) is 19.3. The van der Waals surface area contributed by atoms with Gasteiger partial charge in [-0.15, -0.1) is 11.3 Å². The number of pyridine rings is 2. The summed E-state index contributed by atoms with van der Waals surface area (Å²) in [6.45, 7) is 4.13. The minimum atomic E-state index is -0.225. The third kappa shape index (κ3) is 4.52. The van der Waals surface area contributed by atoms with Gasteiger partial charge in [-0.2, -0.15) is 0 Å². The van der Waals surface area contributed by atoms with E-state index in [1.807, 2.05) is 17.5 Å². The molecular formula is C22H18N4OS2. The maximum absolute atomic E-state index is 12.9. The second kappa shape index (κ2) is 8.55. The van der Waals surface area contributed by atoms with E-state index in [1.54, 1.807) is 30.7 Å². The summed E-state index contributed by atoms with van der Waals surface area (Å²) in [5.41, 5.74) is 4.59. The number of aryl methyl sites for hydroxylation is 2. The van der Waals surface area contributed by atoms with Crippen LogP contribution in [0.15, 0.2) is 76.4 Å². The summed E-state index contributed by atoms with van der Waals surface area (Å²) in [5, 5.41) is 6.01. The number of nitrogens with one attached hydrogen (secondary N) is 1. The van der Waals surface area contributed by atoms with Crippen LogP contribution in [0.2, 0.25) is 0 Å². The molecule has 0 bridgehead atoms. The van der Waals surface area contributed by atoms with Gasteiger partial charge in [0, 0.05) is 34.4 Å². The molecule has 0 radical (unpaired) electrons. The minimum Gasteiger partial charge on any atom is -0.298 e. The van der Waals surface area contributed by atoms with Crippen molar-refractivity contribution in [1.82, 2.24) is 15.0 Å². The lowest BCUT2D eigenvalue weighted by molar-refractivity contribution is 0.102. The highest BCUT2D eigenvalue weighted by Gasteiger charge is 2.16. The normalized spacial score (nSPS) is 10.7. The summed E-state index contributed by atoms with van der Waals surface area (Å²) in [5.74, 6) is -0.225. The van der Waals surface area contributed by atoms with Crippen molar-refractivity contribution in [3.05, 3.63) is 83.1 Å². The highest BCUT2D eigenvalue weighted by Crippen LogP contribution is 2.32. The molecule has 0 saturated heterocycles. The van der Waals surface area contributed by atoms with Crippen LogP contribution in [-0.2, 0) is 0 Å². The Kier molecular flexibility index (Phi) is 5.69. The fraction of sp³-hybridized carbons (Fsp3) is 0.0909. The monoisotopic (exact) mass is 418 g/mol. The number of hydrogen-bond donors (Lipinski definition) is 1. The molecule has 3 aromatic heterocycles. The molecule has 144 valence electrons. The quantitative estimate of drug-likeness (QED) is 0.455. The van der Waals surface area contributed by atoms with E-state index in [4.69, 9.17) is 0 Å². The summed E-state index contributed by atoms with van der Waals surface area (Å²) < 4.78 is 0. The van der Waals surface area contributed by atoms with Crippen molar-refractivity contribution < 1.29 is 4.79 Å². The van der Waals surface area contributed by atoms with Gasteiger partial charge >= 0.3 is 0 Å². The van der Waals surface area contributed by atoms with Gasteiger partial charge in [-0.05, 0) is 49.7 Å². The van der Waals surface area contributed by atoms with Gasteiger partial charge in [-0.1, -0.05) is 29.5 Å². The third-order valence-electron chi connectivity index (χ3n) is 4.23. The Labute approximate surface area is 177 Å². The molecule has 0 unspecified atom stereocenters. The van der Waals surface area contributed by atoms with Crippen LogP contribution >= 0.6 is 23.1 Å². The third-order valence-corrected chi connectivity index (χ3v) is 6.19. The molecule has 0 fully saturated rings. The first-order chi connectivity index (χ1) is 14.1. The lowest BCUT2D eigenvalue weighted by Gasteiger charge is -2.10. The predicted molar refractivity (Wildman–Crippen MR) is 118 cm³/mol. The van der Waals surface area contributed by atoms with E-state index >= 15 is 0 Å². The zero-order valence-corrected chi connectivity index (χ0v) is 17.6. The highest BCUT2D eigenvalue weighted by atomic mass is 32.2. The molecule has 0 spiro atoms. The number of benzene rings is 1. The van der Waals surface area contributed by atoms with Crippen molar-refractivity contribution in [2.45, 2.75) is 23.8 Å². The van der Waals surface area contributed by atoms with Crippen molar-refractivity contribution in [3.8, 4) is 11.3 Å². The topological polar surface area (TPSA) is 67.8 Å². The van der Waals surface area contributed by atoms with Crippen molar-refractivity contribution >= 4 is 34.1 Å². The fourth-order valence-electron chi connectivity index (χ4n) is 2.81. The van der Waals surface area contributed by atoms with Crippen molar-refractivity contribution in [2.75, 3.05) is 5.32 Å². The van der Waals surface area contributed by atoms with Gasteiger partial charge in [0.15, 0.2) is 5.13 Å². The SMILES string of the molecule is Cc1ccc(Sc2ncccc2C(=O)Nc2nc(-c3cccnc3)cs2)c(C)c1. The molecule has 1 N–H and O–H groups in total. The number of thiazole rings is 1. The summed E-state index contributed by atoms with van der Waals surface area (Å²) >= 11 is 2.88. The molecule has 4 aromatic rings. The summed E-state index contributed by atoms with van der Waals surface area (Å²) in [6, 6.07) is 13.6. The van der Waals surface area contributed by atoms with E-state index in [0.717, 1.165) is 21.7 Å². The van der Waals surface area contributed by atoms with Gasteiger partial charge in [0.1, 0.15) is 5.03 Å². The van der Waals surface area contributed by atoms with E-state index in [0.29, 0.717) is 15.7 Å². The number of carbonyl (C=O) groups excluding carboxylic acids is 1. The summed E-state index contributed by atoms with van der Waals surface area (Å²) in [4.78, 5) is 27.0. The van der Waals surface area contributed by atoms with Crippen LogP contribution in [-0.4, -0.2) is 20.9 Å². The van der Waals surface area contributed by atoms with Crippen molar-refractivity contribution in [1.29, 1.82) is 0 Å². The maximum atomic E-state index is 12.9. The molecule has 0 atom stereocenters. The molecule has 4 rings (SSSR count). The Morgan fingerprint density at radius 1 is 1.10 bits per heavy atom. The van der Waals surface area contributed by atoms with Crippen LogP contribution in [0.4, 0.5) is 5.13 Å². The van der Waals surface area contributed by atoms with E-state index in [1.165, 1.54) is 28.7 Å². The first-order valence-electron chi connectivity index (χ1n) is 8.97. The maximum Gasteiger partial charge on any atom is 0.260 e. The molecule has 1 amide bonds. The largest absolute Gasteiger partial charge is 0.298 e. The average Bonchev–Trinajstić information content (AvgIpc) is 3.19. The smallest absolute Gasteiger partial charge is 0.260 e. The Balaban J connectivity index is 1.55. The molecule has 3 heterocycles. The molecule has 0 aliphatic rings. The van der Waals surface area contributed by atoms with Crippen LogP contribution in [0.5, 0.6) is 0 Å². The number of anilines is 1. The van der Waals surface area contributed by atoms with Crippen LogP contribution in [0.25, 0.3) is 11.3 Å². The molecule has 0 saturated carbocycles. The Bertz CT molecular complexity index is 1160. The van der Waals surface area contributed by atoms with Crippen LogP contribution < -0.4 is 5.32 Å². The molecule has 5 nitrogen and oxygen atoms in total. The number of hydrogen-bond acceptors (Lipinski definition) is 6. The molecule has 1 aromatic carbocycles. The standard InChI is InChI=1S/C22H18N4OS2/c1-14-7-8-19(15(2)11-14)29-21-17(6-4-10-24-21)20(27)26-22-25-18(13-28-22)16-5-3-9-23-12-16/h3-13H,1-2H3,(H,25,26,27). The number of amides is 1. The van der Waals surface area contributed by atoms with Crippen LogP contribution in [0.3, 0.4) is 0 Å². The van der Waals surface area contributed by atoms with Crippen LogP contribution in [0.1, 0.15) is 21.5 Å². The van der Waals surface area contributed by atoms with Crippen LogP contribution in [0, 0.1) is 13.8 Å². The molecule has 29 heavy (non-hydrogen) atoms. The molecule has 0 aliphatic carbocycles. The predicted octanol–water partition coefficient (Wildman–Crippen LogP) is 5.62. The van der Waals surface area contributed by atoms with E-state index in [9.17, 15) is 4.79 Å². The molecule has 0 aliphatic heterocycles. The second-order valence-electron chi connectivity index (χ2n) is 6.46. The van der Waals surface area contributed by atoms with Gasteiger partial charge in [0.25, 0.3) is 5.91 Å². The van der Waals surface area contributed by atoms with E-state index in [-0.39, 0.29) is 5.91 Å². The lowest BCUT2D eigenvalue weighted by atomic mass is 10.2. The molecule has 7 heteroatoms. The van der Waals surface area contributed by atoms with Crippen molar-refractivity contribution in [2.24, 2.45) is 0 Å². The van der Waals surface area contributed by atoms with E-state index < -0.39 is 0 Å².